The first-order valence-electron chi connectivity index (χ1n) is 1.56. The molecule has 0 radical (unpaired) electrons. The Labute approximate surface area is 45.9 Å². The molecule has 5 heteroatoms. The molecule has 0 N–H and O–H groups in total. The van der Waals surface area contributed by atoms with Crippen molar-refractivity contribution in [3.05, 3.63) is 5.21 Å². The lowest BCUT2D eigenvalue weighted by Crippen LogP contribution is -1.94. The summed E-state index contributed by atoms with van der Waals surface area (Å²) in [5.74, 6) is 0. The van der Waals surface area contributed by atoms with Gasteiger partial charge in [-0.2, -0.15) is 0 Å². The van der Waals surface area contributed by atoms with Crippen LogP contribution in [0.15, 0.2) is 5.28 Å². The Morgan fingerprint density at radius 3 is 2.71 bits per heavy atom. The highest BCUT2D eigenvalue weighted by atomic mass is 35.5. The van der Waals surface area contributed by atoms with Crippen molar-refractivity contribution in [1.82, 2.24) is 0 Å². The van der Waals surface area contributed by atoms with E-state index in [-0.39, 0.29) is 10.9 Å². The molecule has 0 aliphatic carbocycles. The van der Waals surface area contributed by atoms with Crippen LogP contribution < -0.4 is 0 Å². The van der Waals surface area contributed by atoms with Crippen molar-refractivity contribution in [1.29, 1.82) is 0 Å². The van der Waals surface area contributed by atoms with Crippen molar-refractivity contribution in [3.63, 3.8) is 0 Å². The molecule has 0 rings (SSSR count). The molecule has 0 saturated carbocycles. The number of hydroxylamine groups is 1. The molecule has 0 aliphatic heterocycles. The third-order valence-corrected chi connectivity index (χ3v) is 0.479. The van der Waals surface area contributed by atoms with Crippen molar-refractivity contribution >= 4 is 11.6 Å². The van der Waals surface area contributed by atoms with Gasteiger partial charge in [-0.15, -0.1) is 0 Å². The maximum absolute atomic E-state index is 9.90. The second-order valence-electron chi connectivity index (χ2n) is 0.736. The molecule has 0 aliphatic rings. The minimum atomic E-state index is -0.201. The number of halogens is 1. The van der Waals surface area contributed by atoms with E-state index in [0.29, 0.717) is 0 Å². The largest absolute Gasteiger partial charge is 0.596 e. The SMILES string of the molecule is CON=[N+]([O-])CCl. The van der Waals surface area contributed by atoms with Crippen LogP contribution in [0, 0.1) is 5.21 Å². The van der Waals surface area contributed by atoms with Crippen molar-refractivity contribution in [2.75, 3.05) is 13.1 Å². The van der Waals surface area contributed by atoms with Crippen LogP contribution in [0.4, 0.5) is 0 Å². The molecule has 0 spiro atoms. The Morgan fingerprint density at radius 1 is 2.00 bits per heavy atom. The predicted octanol–water partition coefficient (Wildman–Crippen LogP) is 0.707. The van der Waals surface area contributed by atoms with Crippen molar-refractivity contribution in [2.45, 2.75) is 0 Å². The van der Waals surface area contributed by atoms with E-state index in [1.54, 1.807) is 0 Å². The van der Waals surface area contributed by atoms with Crippen LogP contribution >= 0.6 is 11.6 Å². The fraction of sp³-hybridized carbons (Fsp3) is 1.00. The molecular weight excluding hydrogens is 119 g/mol. The average molecular weight is 125 g/mol. The fourth-order valence-corrected chi connectivity index (χ4v) is 0.157. The molecule has 0 amide bonds. The zero-order valence-electron chi connectivity index (χ0n) is 3.80. The van der Waals surface area contributed by atoms with Gasteiger partial charge in [-0.05, 0) is 16.5 Å². The summed E-state index contributed by atoms with van der Waals surface area (Å²) < 4.78 is 0. The van der Waals surface area contributed by atoms with E-state index in [4.69, 9.17) is 11.6 Å². The molecular formula is C2H5ClN2O2. The zero-order valence-corrected chi connectivity index (χ0v) is 4.55. The predicted molar refractivity (Wildman–Crippen MR) is 23.8 cm³/mol. The molecule has 0 unspecified atom stereocenters. The number of nitrogens with zero attached hydrogens (tertiary/aromatic N) is 2. The molecule has 0 aromatic heterocycles. The smallest absolute Gasteiger partial charge is 0.257 e. The summed E-state index contributed by atoms with van der Waals surface area (Å²) in [7, 11) is 1.28. The van der Waals surface area contributed by atoms with Crippen LogP contribution in [0.25, 0.3) is 0 Å². The van der Waals surface area contributed by atoms with E-state index in [2.05, 4.69) is 10.1 Å². The first kappa shape index (κ1) is 6.49. The van der Waals surface area contributed by atoms with Gasteiger partial charge in [-0.3, -0.25) is 0 Å². The van der Waals surface area contributed by atoms with Gasteiger partial charge in [0.15, 0.2) is 0 Å². The number of hydrogen-bond acceptors (Lipinski definition) is 3. The van der Waals surface area contributed by atoms with Gasteiger partial charge in [0.25, 0.3) is 6.00 Å². The van der Waals surface area contributed by atoms with Crippen molar-refractivity contribution in [2.24, 2.45) is 5.28 Å². The molecule has 42 valence electrons. The Morgan fingerprint density at radius 2 is 2.57 bits per heavy atom. The van der Waals surface area contributed by atoms with Crippen LogP contribution in [-0.4, -0.2) is 18.0 Å². The summed E-state index contributed by atoms with van der Waals surface area (Å²) in [6.07, 6.45) is 0. The summed E-state index contributed by atoms with van der Waals surface area (Å²) >= 11 is 4.97. The first-order chi connectivity index (χ1) is 3.31. The molecule has 4 nitrogen and oxygen atoms in total. The van der Waals surface area contributed by atoms with Gasteiger partial charge in [0.1, 0.15) is 7.11 Å². The molecule has 0 fully saturated rings. The highest BCUT2D eigenvalue weighted by Gasteiger charge is 1.83. The highest BCUT2D eigenvalue weighted by Crippen LogP contribution is 1.78. The molecule has 0 heterocycles. The Kier molecular flexibility index (Phi) is 3.40. The minimum absolute atomic E-state index is 0.201. The van der Waals surface area contributed by atoms with Gasteiger partial charge < -0.3 is 10.0 Å². The lowest BCUT2D eigenvalue weighted by Gasteiger charge is -1.89. The Bertz CT molecular complexity index is 74.1. The van der Waals surface area contributed by atoms with E-state index >= 15 is 0 Å². The Hall–Kier alpha value is -0.510. The zero-order chi connectivity index (χ0) is 5.70. The minimum Gasteiger partial charge on any atom is -0.596 e. The average Bonchev–Trinajstić information content (AvgIpc) is 1.68. The maximum atomic E-state index is 9.90. The lowest BCUT2D eigenvalue weighted by molar-refractivity contribution is -0.540. The van der Waals surface area contributed by atoms with Crippen molar-refractivity contribution in [3.8, 4) is 0 Å². The summed E-state index contributed by atoms with van der Waals surface area (Å²) in [6.45, 7) is 0. The monoisotopic (exact) mass is 124 g/mol. The van der Waals surface area contributed by atoms with Crippen LogP contribution in [0.2, 0.25) is 0 Å². The molecule has 7 heavy (non-hydrogen) atoms. The van der Waals surface area contributed by atoms with Gasteiger partial charge in [-0.25, -0.2) is 0 Å². The van der Waals surface area contributed by atoms with Gasteiger partial charge >= 0.3 is 0 Å². The van der Waals surface area contributed by atoms with Crippen LogP contribution in [0.3, 0.4) is 0 Å². The summed E-state index contributed by atoms with van der Waals surface area (Å²) in [6, 6.07) is -0.201. The topological polar surface area (TPSA) is 47.7 Å². The molecule has 0 saturated heterocycles. The first-order valence-corrected chi connectivity index (χ1v) is 2.09. The molecule has 0 aromatic carbocycles. The lowest BCUT2D eigenvalue weighted by atomic mass is 11.5. The number of alkyl halides is 1. The van der Waals surface area contributed by atoms with Gasteiger partial charge in [-0.1, -0.05) is 0 Å². The Balaban J connectivity index is 3.29. The quantitative estimate of drug-likeness (QED) is 0.179. The molecule has 0 bridgehead atoms. The van der Waals surface area contributed by atoms with E-state index in [1.165, 1.54) is 7.11 Å². The number of hydrogen-bond donors (Lipinski definition) is 0. The van der Waals surface area contributed by atoms with Gasteiger partial charge in [0.05, 0.1) is 0 Å². The maximum Gasteiger partial charge on any atom is 0.257 e. The summed E-state index contributed by atoms with van der Waals surface area (Å²) in [4.78, 5) is 4.27. The third kappa shape index (κ3) is 3.32. The van der Waals surface area contributed by atoms with Gasteiger partial charge in [0, 0.05) is 0 Å². The van der Waals surface area contributed by atoms with Crippen LogP contribution in [0.5, 0.6) is 0 Å². The normalized spacial score (nSPS) is 11.4. The second kappa shape index (κ2) is 3.67. The van der Waals surface area contributed by atoms with E-state index in [0.717, 1.165) is 0 Å². The highest BCUT2D eigenvalue weighted by molar-refractivity contribution is 6.16. The summed E-state index contributed by atoms with van der Waals surface area (Å²) in [5, 5.41) is 12.8. The summed E-state index contributed by atoms with van der Waals surface area (Å²) in [5.41, 5.74) is 0. The fourth-order valence-electron chi connectivity index (χ4n) is 0.113. The van der Waals surface area contributed by atoms with Crippen LogP contribution in [-0.2, 0) is 4.84 Å². The van der Waals surface area contributed by atoms with Crippen LogP contribution in [0.1, 0.15) is 0 Å². The number of rotatable bonds is 2. The van der Waals surface area contributed by atoms with Gasteiger partial charge in [0.2, 0.25) is 5.28 Å². The standard InChI is InChI=1S/C2H5ClN2O2/c1-7-4-5(6)2-3/h2H2,1H3. The molecule has 0 aromatic rings. The molecule has 0 atom stereocenters. The third-order valence-electron chi connectivity index (χ3n) is 0.275. The van der Waals surface area contributed by atoms with E-state index < -0.39 is 0 Å². The second-order valence-corrected chi connectivity index (χ2v) is 0.975. The van der Waals surface area contributed by atoms with Crippen molar-refractivity contribution < 1.29 is 9.70 Å². The van der Waals surface area contributed by atoms with E-state index in [9.17, 15) is 5.21 Å². The van der Waals surface area contributed by atoms with E-state index in [1.807, 2.05) is 0 Å².